The van der Waals surface area contributed by atoms with Crippen LogP contribution in [0.2, 0.25) is 0 Å². The topological polar surface area (TPSA) is 73.1 Å². The van der Waals surface area contributed by atoms with E-state index in [4.69, 9.17) is 0 Å². The van der Waals surface area contributed by atoms with Crippen molar-refractivity contribution in [1.29, 1.82) is 0 Å². The van der Waals surface area contributed by atoms with E-state index < -0.39 is 10.0 Å². The van der Waals surface area contributed by atoms with E-state index in [1.807, 2.05) is 19.1 Å². The van der Waals surface area contributed by atoms with E-state index in [0.717, 1.165) is 16.6 Å². The van der Waals surface area contributed by atoms with Gasteiger partial charge in [-0.3, -0.25) is 13.9 Å². The normalized spacial score (nSPS) is 11.8. The lowest BCUT2D eigenvalue weighted by atomic mass is 10.2. The summed E-state index contributed by atoms with van der Waals surface area (Å²) in [6, 6.07) is 12.4. The lowest BCUT2D eigenvalue weighted by Crippen LogP contribution is -2.19. The molecule has 0 aliphatic heterocycles. The average Bonchev–Trinajstić information content (AvgIpc) is 2.73. The van der Waals surface area contributed by atoms with E-state index in [1.165, 1.54) is 9.13 Å². The van der Waals surface area contributed by atoms with Crippen molar-refractivity contribution in [1.82, 2.24) is 9.13 Å². The number of sulfonamides is 1. The lowest BCUT2D eigenvalue weighted by Gasteiger charge is -2.09. The third-order valence-corrected chi connectivity index (χ3v) is 5.28. The molecule has 0 fully saturated rings. The summed E-state index contributed by atoms with van der Waals surface area (Å²) in [7, 11) is -0.181. The molecule has 24 heavy (non-hydrogen) atoms. The van der Waals surface area contributed by atoms with Crippen LogP contribution in [-0.4, -0.2) is 17.6 Å². The van der Waals surface area contributed by atoms with Crippen LogP contribution in [-0.2, 0) is 29.9 Å². The summed E-state index contributed by atoms with van der Waals surface area (Å²) in [5.74, 6) is -0.0982. The highest BCUT2D eigenvalue weighted by Gasteiger charge is 2.14. The van der Waals surface area contributed by atoms with Gasteiger partial charge in [0, 0.05) is 14.1 Å². The molecule has 1 N–H and O–H groups in total. The second-order valence-corrected chi connectivity index (χ2v) is 7.67. The standard InChI is InChI=1S/C17H19N3O3S/c1-12-4-6-13(7-5-12)11-24(22,23)18-14-8-9-15-16(10-14)20(3)17(21)19(15)2/h4-10,18H,11H2,1-3H3. The first kappa shape index (κ1) is 16.3. The van der Waals surface area contributed by atoms with Crippen molar-refractivity contribution >= 4 is 26.7 Å². The van der Waals surface area contributed by atoms with Gasteiger partial charge in [-0.05, 0) is 30.7 Å². The Hall–Kier alpha value is -2.54. The third-order valence-electron chi connectivity index (χ3n) is 4.02. The zero-order valence-electron chi connectivity index (χ0n) is 13.8. The molecule has 0 radical (unpaired) electrons. The maximum atomic E-state index is 12.4. The van der Waals surface area contributed by atoms with E-state index in [0.29, 0.717) is 11.2 Å². The Morgan fingerprint density at radius 3 is 2.25 bits per heavy atom. The Morgan fingerprint density at radius 2 is 1.58 bits per heavy atom. The van der Waals surface area contributed by atoms with E-state index in [2.05, 4.69) is 4.72 Å². The number of anilines is 1. The van der Waals surface area contributed by atoms with E-state index in [9.17, 15) is 13.2 Å². The second kappa shape index (κ2) is 5.83. The minimum Gasteiger partial charge on any atom is -0.295 e. The highest BCUT2D eigenvalue weighted by molar-refractivity contribution is 7.91. The molecule has 3 aromatic rings. The van der Waals surface area contributed by atoms with Crippen LogP contribution in [0.5, 0.6) is 0 Å². The molecule has 2 aromatic carbocycles. The summed E-state index contributed by atoms with van der Waals surface area (Å²) in [5, 5.41) is 0. The van der Waals surface area contributed by atoms with Crippen LogP contribution in [0.3, 0.4) is 0 Å². The Morgan fingerprint density at radius 1 is 0.958 bits per heavy atom. The minimum absolute atomic E-state index is 0.0982. The van der Waals surface area contributed by atoms with Crippen molar-refractivity contribution in [3.8, 4) is 0 Å². The predicted molar refractivity (Wildman–Crippen MR) is 95.6 cm³/mol. The molecule has 1 heterocycles. The summed E-state index contributed by atoms with van der Waals surface area (Å²) < 4.78 is 30.3. The molecule has 0 aliphatic rings. The van der Waals surface area contributed by atoms with Crippen molar-refractivity contribution in [2.75, 3.05) is 4.72 Å². The predicted octanol–water partition coefficient (Wildman–Crippen LogP) is 2.13. The zero-order valence-corrected chi connectivity index (χ0v) is 14.6. The van der Waals surface area contributed by atoms with Gasteiger partial charge >= 0.3 is 5.69 Å². The Labute approximate surface area is 140 Å². The molecule has 126 valence electrons. The average molecular weight is 345 g/mol. The van der Waals surface area contributed by atoms with Crippen molar-refractivity contribution < 1.29 is 8.42 Å². The molecule has 7 heteroatoms. The number of hydrogen-bond donors (Lipinski definition) is 1. The van der Waals surface area contributed by atoms with Crippen molar-refractivity contribution in [3.05, 3.63) is 64.1 Å². The highest BCUT2D eigenvalue weighted by Crippen LogP contribution is 2.19. The van der Waals surface area contributed by atoms with Gasteiger partial charge in [0.05, 0.1) is 22.5 Å². The maximum absolute atomic E-state index is 12.4. The molecule has 0 atom stereocenters. The van der Waals surface area contributed by atoms with E-state index in [-0.39, 0.29) is 11.4 Å². The number of nitrogens with zero attached hydrogens (tertiary/aromatic N) is 2. The van der Waals surface area contributed by atoms with Crippen LogP contribution < -0.4 is 10.4 Å². The van der Waals surface area contributed by atoms with Gasteiger partial charge in [-0.1, -0.05) is 29.8 Å². The number of hydrogen-bond acceptors (Lipinski definition) is 3. The molecule has 0 saturated heterocycles. The molecule has 0 amide bonds. The first-order valence-corrected chi connectivity index (χ1v) is 9.13. The largest absolute Gasteiger partial charge is 0.328 e. The van der Waals surface area contributed by atoms with E-state index >= 15 is 0 Å². The van der Waals surface area contributed by atoms with Gasteiger partial charge in [0.25, 0.3) is 0 Å². The van der Waals surface area contributed by atoms with Crippen LogP contribution in [0.1, 0.15) is 11.1 Å². The molecule has 0 saturated carbocycles. The van der Waals surface area contributed by atoms with Gasteiger partial charge in [-0.25, -0.2) is 13.2 Å². The Bertz CT molecular complexity index is 1060. The van der Waals surface area contributed by atoms with Gasteiger partial charge in [0.1, 0.15) is 0 Å². The number of rotatable bonds is 4. The molecular formula is C17H19N3O3S. The molecule has 6 nitrogen and oxygen atoms in total. The van der Waals surface area contributed by atoms with Crippen LogP contribution in [0, 0.1) is 6.92 Å². The molecule has 3 rings (SSSR count). The number of imidazole rings is 1. The SMILES string of the molecule is Cc1ccc(CS(=O)(=O)Nc2ccc3c(c2)n(C)c(=O)n3C)cc1. The minimum atomic E-state index is -3.53. The molecule has 1 aromatic heterocycles. The second-order valence-electron chi connectivity index (χ2n) is 5.95. The number of aromatic nitrogens is 2. The van der Waals surface area contributed by atoms with Gasteiger partial charge in [0.2, 0.25) is 10.0 Å². The highest BCUT2D eigenvalue weighted by atomic mass is 32.2. The number of aryl methyl sites for hydroxylation is 3. The van der Waals surface area contributed by atoms with Crippen molar-refractivity contribution in [3.63, 3.8) is 0 Å². The molecule has 0 unspecified atom stereocenters. The lowest BCUT2D eigenvalue weighted by molar-refractivity contribution is 0.600. The number of fused-ring (bicyclic) bond motifs is 1. The number of benzene rings is 2. The smallest absolute Gasteiger partial charge is 0.295 e. The summed E-state index contributed by atoms with van der Waals surface area (Å²) in [6.07, 6.45) is 0. The van der Waals surface area contributed by atoms with Crippen molar-refractivity contribution in [2.45, 2.75) is 12.7 Å². The Balaban J connectivity index is 1.89. The van der Waals surface area contributed by atoms with Gasteiger partial charge in [0.15, 0.2) is 0 Å². The van der Waals surface area contributed by atoms with Gasteiger partial charge < -0.3 is 0 Å². The maximum Gasteiger partial charge on any atom is 0.328 e. The molecule has 0 aliphatic carbocycles. The van der Waals surface area contributed by atoms with Crippen LogP contribution in [0.15, 0.2) is 47.3 Å². The quantitative estimate of drug-likeness (QED) is 0.787. The van der Waals surface area contributed by atoms with Gasteiger partial charge in [-0.15, -0.1) is 0 Å². The monoisotopic (exact) mass is 345 g/mol. The van der Waals surface area contributed by atoms with E-state index in [1.54, 1.807) is 44.4 Å². The number of nitrogens with one attached hydrogen (secondary N) is 1. The van der Waals surface area contributed by atoms with Gasteiger partial charge in [-0.2, -0.15) is 0 Å². The summed E-state index contributed by atoms with van der Waals surface area (Å²) >= 11 is 0. The van der Waals surface area contributed by atoms with Crippen LogP contribution in [0.4, 0.5) is 5.69 Å². The molecule has 0 spiro atoms. The summed E-state index contributed by atoms with van der Waals surface area (Å²) in [5.41, 5.74) is 3.53. The summed E-state index contributed by atoms with van der Waals surface area (Å²) in [6.45, 7) is 1.95. The zero-order chi connectivity index (χ0) is 17.5. The first-order valence-electron chi connectivity index (χ1n) is 7.48. The van der Waals surface area contributed by atoms with Crippen molar-refractivity contribution in [2.24, 2.45) is 14.1 Å². The molecular weight excluding hydrogens is 326 g/mol. The Kier molecular flexibility index (Phi) is 3.96. The fourth-order valence-corrected chi connectivity index (χ4v) is 3.88. The van der Waals surface area contributed by atoms with Crippen LogP contribution >= 0.6 is 0 Å². The van der Waals surface area contributed by atoms with Crippen LogP contribution in [0.25, 0.3) is 11.0 Å². The first-order chi connectivity index (χ1) is 11.3. The fraction of sp³-hybridized carbons (Fsp3) is 0.235. The summed E-state index contributed by atoms with van der Waals surface area (Å²) in [4.78, 5) is 11.9. The fourth-order valence-electron chi connectivity index (χ4n) is 2.69. The third kappa shape index (κ3) is 3.07. The molecule has 0 bridgehead atoms.